The van der Waals surface area contributed by atoms with Crippen LogP contribution in [0.5, 0.6) is 5.75 Å². The number of thiophene rings is 1. The van der Waals surface area contributed by atoms with Crippen molar-refractivity contribution in [2.24, 2.45) is 0 Å². The molecule has 6 nitrogen and oxygen atoms in total. The largest absolute Gasteiger partial charge is 0.506 e. The van der Waals surface area contributed by atoms with Crippen LogP contribution in [0.4, 0.5) is 0 Å². The van der Waals surface area contributed by atoms with Crippen molar-refractivity contribution in [2.75, 3.05) is 0 Å². The van der Waals surface area contributed by atoms with Crippen LogP contribution in [0.1, 0.15) is 16.3 Å². The first kappa shape index (κ1) is 17.1. The van der Waals surface area contributed by atoms with Gasteiger partial charge in [0.25, 0.3) is 5.22 Å². The molecule has 0 aliphatic rings. The molecule has 4 rings (SSSR count). The Morgan fingerprint density at radius 1 is 1.23 bits per heavy atom. The molecule has 1 aromatic carbocycles. The number of phenols is 1. The Labute approximate surface area is 160 Å². The number of aromatic nitrogens is 2. The van der Waals surface area contributed by atoms with Gasteiger partial charge in [-0.2, -0.15) is 0 Å². The first-order valence-electron chi connectivity index (χ1n) is 7.51. The van der Waals surface area contributed by atoms with E-state index in [0.717, 1.165) is 4.88 Å². The average Bonchev–Trinajstić information content (AvgIpc) is 3.27. The molecule has 26 heavy (non-hydrogen) atoms. The van der Waals surface area contributed by atoms with Gasteiger partial charge in [0.2, 0.25) is 5.89 Å². The summed E-state index contributed by atoms with van der Waals surface area (Å²) >= 11 is 8.92. The Morgan fingerprint density at radius 3 is 2.92 bits per heavy atom. The minimum absolute atomic E-state index is 0.137. The topological polar surface area (TPSA) is 89.4 Å². The van der Waals surface area contributed by atoms with Gasteiger partial charge in [-0.3, -0.25) is 0 Å². The van der Waals surface area contributed by atoms with Crippen molar-refractivity contribution in [1.82, 2.24) is 10.2 Å². The molecule has 0 spiro atoms. The molecule has 0 radical (unpaired) electrons. The molecule has 3 aromatic heterocycles. The fourth-order valence-corrected chi connectivity index (χ4v) is 4.06. The van der Waals surface area contributed by atoms with Gasteiger partial charge in [0.1, 0.15) is 11.3 Å². The van der Waals surface area contributed by atoms with E-state index in [-0.39, 0.29) is 16.4 Å². The van der Waals surface area contributed by atoms with Gasteiger partial charge in [-0.1, -0.05) is 29.4 Å². The number of thioether (sulfide) groups is 1. The minimum Gasteiger partial charge on any atom is -0.506 e. The molecule has 0 amide bonds. The van der Waals surface area contributed by atoms with E-state index in [1.54, 1.807) is 17.4 Å². The second-order valence-corrected chi connectivity index (χ2v) is 7.76. The van der Waals surface area contributed by atoms with Crippen LogP contribution in [0.25, 0.3) is 11.0 Å². The molecule has 0 fully saturated rings. The number of rotatable bonds is 5. The molecule has 0 atom stereocenters. The summed E-state index contributed by atoms with van der Waals surface area (Å²) in [6.45, 7) is 0. The Morgan fingerprint density at radius 2 is 2.12 bits per heavy atom. The predicted octanol–water partition coefficient (Wildman–Crippen LogP) is 4.48. The molecule has 1 N–H and O–H groups in total. The minimum atomic E-state index is -0.501. The fraction of sp³-hybridized carbons (Fsp3) is 0.118. The SMILES string of the molecule is O=c1cc(CSc2nnc(Cc3cccs3)o2)c2cc(Cl)c(O)cc2o1. The number of fused-ring (bicyclic) bond motifs is 1. The quantitative estimate of drug-likeness (QED) is 0.386. The van der Waals surface area contributed by atoms with E-state index in [1.165, 1.54) is 23.9 Å². The van der Waals surface area contributed by atoms with Crippen molar-refractivity contribution < 1.29 is 13.9 Å². The molecule has 3 heterocycles. The lowest BCUT2D eigenvalue weighted by atomic mass is 10.1. The molecule has 0 bridgehead atoms. The normalized spacial score (nSPS) is 11.3. The zero-order chi connectivity index (χ0) is 18.1. The van der Waals surface area contributed by atoms with Gasteiger partial charge in [0.15, 0.2) is 0 Å². The Balaban J connectivity index is 1.55. The van der Waals surface area contributed by atoms with Crippen LogP contribution in [-0.4, -0.2) is 15.3 Å². The molecule has 132 valence electrons. The first-order chi connectivity index (χ1) is 12.6. The zero-order valence-corrected chi connectivity index (χ0v) is 15.5. The monoisotopic (exact) mass is 406 g/mol. The van der Waals surface area contributed by atoms with Crippen molar-refractivity contribution in [1.29, 1.82) is 0 Å². The maximum absolute atomic E-state index is 11.8. The van der Waals surface area contributed by atoms with Gasteiger partial charge in [-0.25, -0.2) is 4.79 Å². The Bertz CT molecular complexity index is 1120. The van der Waals surface area contributed by atoms with E-state index in [4.69, 9.17) is 20.4 Å². The van der Waals surface area contributed by atoms with E-state index in [0.29, 0.717) is 34.2 Å². The molecule has 4 aromatic rings. The molecule has 0 saturated heterocycles. The summed E-state index contributed by atoms with van der Waals surface area (Å²) in [5, 5.41) is 21.0. The molecular formula is C17H11ClN2O4S2. The molecule has 0 aliphatic carbocycles. The molecule has 0 aliphatic heterocycles. The first-order valence-corrected chi connectivity index (χ1v) is 9.75. The second kappa shape index (κ2) is 7.14. The lowest BCUT2D eigenvalue weighted by Crippen LogP contribution is -2.00. The van der Waals surface area contributed by atoms with E-state index in [9.17, 15) is 9.90 Å². The lowest BCUT2D eigenvalue weighted by Gasteiger charge is -2.05. The smallest absolute Gasteiger partial charge is 0.336 e. The van der Waals surface area contributed by atoms with Crippen molar-refractivity contribution in [3.8, 4) is 5.75 Å². The molecule has 0 unspecified atom stereocenters. The van der Waals surface area contributed by atoms with Crippen LogP contribution in [0.2, 0.25) is 5.02 Å². The number of halogens is 1. The third kappa shape index (κ3) is 3.62. The van der Waals surface area contributed by atoms with Crippen LogP contribution in [0.3, 0.4) is 0 Å². The van der Waals surface area contributed by atoms with Crippen LogP contribution in [0, 0.1) is 0 Å². The van der Waals surface area contributed by atoms with Crippen molar-refractivity contribution in [3.05, 3.63) is 67.5 Å². The number of hydrogen-bond acceptors (Lipinski definition) is 8. The number of aromatic hydroxyl groups is 1. The summed E-state index contributed by atoms with van der Waals surface area (Å²) in [5.74, 6) is 0.826. The number of phenolic OH excluding ortho intramolecular Hbond substituents is 1. The maximum Gasteiger partial charge on any atom is 0.336 e. The van der Waals surface area contributed by atoms with Crippen LogP contribution in [-0.2, 0) is 12.2 Å². The number of benzene rings is 1. The number of hydrogen-bond donors (Lipinski definition) is 1. The van der Waals surface area contributed by atoms with E-state index in [1.807, 2.05) is 17.5 Å². The van der Waals surface area contributed by atoms with Crippen molar-refractivity contribution >= 4 is 45.7 Å². The van der Waals surface area contributed by atoms with Gasteiger partial charge >= 0.3 is 5.63 Å². The van der Waals surface area contributed by atoms with Crippen molar-refractivity contribution in [2.45, 2.75) is 17.4 Å². The van der Waals surface area contributed by atoms with Gasteiger partial charge < -0.3 is 13.9 Å². The lowest BCUT2D eigenvalue weighted by molar-refractivity contribution is 0.421. The zero-order valence-electron chi connectivity index (χ0n) is 13.1. The highest BCUT2D eigenvalue weighted by molar-refractivity contribution is 7.98. The average molecular weight is 407 g/mol. The summed E-state index contributed by atoms with van der Waals surface area (Å²) in [4.78, 5) is 12.9. The number of nitrogens with zero attached hydrogens (tertiary/aromatic N) is 2. The van der Waals surface area contributed by atoms with Crippen LogP contribution < -0.4 is 5.63 Å². The molecule has 0 saturated carbocycles. The van der Waals surface area contributed by atoms with Crippen LogP contribution in [0.15, 0.2) is 54.6 Å². The van der Waals surface area contributed by atoms with Crippen molar-refractivity contribution in [3.63, 3.8) is 0 Å². The standard InChI is InChI=1S/C17H11ClN2O4S2/c18-12-6-11-9(4-16(22)23-14(11)7-13(12)21)8-26-17-20-19-15(24-17)5-10-2-1-3-25-10/h1-4,6-7,21H,5,8H2. The van der Waals surface area contributed by atoms with E-state index >= 15 is 0 Å². The highest BCUT2D eigenvalue weighted by Gasteiger charge is 2.13. The summed E-state index contributed by atoms with van der Waals surface area (Å²) in [5.41, 5.74) is 0.485. The summed E-state index contributed by atoms with van der Waals surface area (Å²) < 4.78 is 10.8. The van der Waals surface area contributed by atoms with E-state index < -0.39 is 5.63 Å². The fourth-order valence-electron chi connectivity index (χ4n) is 2.42. The van der Waals surface area contributed by atoms with Gasteiger partial charge in [-0.05, 0) is 23.1 Å². The van der Waals surface area contributed by atoms with E-state index in [2.05, 4.69) is 10.2 Å². The molecule has 9 heteroatoms. The van der Waals surface area contributed by atoms with Gasteiger partial charge in [0, 0.05) is 28.1 Å². The van der Waals surface area contributed by atoms with Gasteiger partial charge in [-0.15, -0.1) is 21.5 Å². The van der Waals surface area contributed by atoms with Gasteiger partial charge in [0.05, 0.1) is 11.4 Å². The highest BCUT2D eigenvalue weighted by atomic mass is 35.5. The molecular weight excluding hydrogens is 396 g/mol. The Hall–Kier alpha value is -2.29. The maximum atomic E-state index is 11.8. The van der Waals surface area contributed by atoms with Crippen LogP contribution >= 0.6 is 34.7 Å². The second-order valence-electron chi connectivity index (χ2n) is 5.40. The highest BCUT2D eigenvalue weighted by Crippen LogP contribution is 2.32. The summed E-state index contributed by atoms with van der Waals surface area (Å²) in [6, 6.07) is 8.28. The summed E-state index contributed by atoms with van der Waals surface area (Å²) in [7, 11) is 0. The predicted molar refractivity (Wildman–Crippen MR) is 100 cm³/mol. The third-order valence-corrected chi connectivity index (χ3v) is 5.65. The Kier molecular flexibility index (Phi) is 4.71. The summed E-state index contributed by atoms with van der Waals surface area (Å²) in [6.07, 6.45) is 0.595. The third-order valence-electron chi connectivity index (χ3n) is 3.60.